The van der Waals surface area contributed by atoms with Gasteiger partial charge in [0.1, 0.15) is 6.04 Å². The van der Waals surface area contributed by atoms with Crippen molar-refractivity contribution in [2.24, 2.45) is 10.7 Å². The Morgan fingerprint density at radius 1 is 1.64 bits per heavy atom. The molecule has 0 aliphatic heterocycles. The van der Waals surface area contributed by atoms with Gasteiger partial charge >= 0.3 is 5.97 Å². The van der Waals surface area contributed by atoms with Gasteiger partial charge in [-0.05, 0) is 19.9 Å². The lowest BCUT2D eigenvalue weighted by atomic mass is 10.1. The molecule has 0 heterocycles. The molecule has 5 N–H and O–H groups in total. The Hall–Kier alpha value is -1.30. The zero-order valence-electron chi connectivity index (χ0n) is 8.58. The Morgan fingerprint density at radius 2 is 2.29 bits per heavy atom. The second kappa shape index (κ2) is 7.14. The summed E-state index contributed by atoms with van der Waals surface area (Å²) in [6, 6.07) is -0.489. The molecule has 0 rings (SSSR count). The van der Waals surface area contributed by atoms with Gasteiger partial charge in [0.05, 0.1) is 0 Å². The van der Waals surface area contributed by atoms with E-state index in [0.717, 1.165) is 6.42 Å². The molecule has 0 amide bonds. The van der Waals surface area contributed by atoms with Gasteiger partial charge in [0.2, 0.25) is 0 Å². The third-order valence-corrected chi connectivity index (χ3v) is 1.86. The second-order valence-electron chi connectivity index (χ2n) is 2.86. The Balaban J connectivity index is 3.57. The molecule has 1 atom stereocenters. The van der Waals surface area contributed by atoms with Crippen molar-refractivity contribution in [1.29, 1.82) is 0 Å². The van der Waals surface area contributed by atoms with E-state index in [1.54, 1.807) is 14.1 Å². The monoisotopic (exact) mass is 202 g/mol. The summed E-state index contributed by atoms with van der Waals surface area (Å²) in [7, 11) is 3.23. The summed E-state index contributed by atoms with van der Waals surface area (Å²) in [5, 5.41) is 14.3. The van der Waals surface area contributed by atoms with E-state index >= 15 is 0 Å². The van der Waals surface area contributed by atoms with Gasteiger partial charge in [-0.1, -0.05) is 0 Å². The van der Waals surface area contributed by atoms with Crippen LogP contribution in [-0.4, -0.2) is 43.7 Å². The van der Waals surface area contributed by atoms with Crippen molar-refractivity contribution in [1.82, 2.24) is 10.6 Å². The molecule has 6 heteroatoms. The van der Waals surface area contributed by atoms with Crippen molar-refractivity contribution in [3.05, 3.63) is 0 Å². The zero-order valence-corrected chi connectivity index (χ0v) is 8.58. The van der Waals surface area contributed by atoms with Crippen molar-refractivity contribution in [3.63, 3.8) is 0 Å². The van der Waals surface area contributed by atoms with E-state index in [-0.39, 0.29) is 0 Å². The second-order valence-corrected chi connectivity index (χ2v) is 2.86. The average Bonchev–Trinajstić information content (AvgIpc) is 2.16. The van der Waals surface area contributed by atoms with Crippen LogP contribution in [0, 0.1) is 0 Å². The van der Waals surface area contributed by atoms with Gasteiger partial charge in [-0.2, -0.15) is 0 Å². The van der Waals surface area contributed by atoms with Crippen LogP contribution in [0.1, 0.15) is 12.8 Å². The van der Waals surface area contributed by atoms with Crippen LogP contribution < -0.4 is 16.4 Å². The van der Waals surface area contributed by atoms with Crippen molar-refractivity contribution in [2.75, 3.05) is 20.6 Å². The number of aliphatic carboxylic acids is 1. The summed E-state index contributed by atoms with van der Waals surface area (Å²) in [6.07, 6.45) is 1.30. The summed E-state index contributed by atoms with van der Waals surface area (Å²) < 4.78 is 0. The standard InChI is InChI=1S/C8H18N4O2/c1-10-6(7(13)14)4-3-5-12-8(9)11-2/h6,10H,3-5H2,1-2H3,(H,13,14)(H3,9,11,12). The van der Waals surface area contributed by atoms with Gasteiger partial charge in [-0.15, -0.1) is 0 Å². The molecule has 0 aromatic carbocycles. The number of hydrogen-bond acceptors (Lipinski definition) is 3. The van der Waals surface area contributed by atoms with Crippen LogP contribution in [0.15, 0.2) is 4.99 Å². The average molecular weight is 202 g/mol. The Bertz CT molecular complexity index is 206. The van der Waals surface area contributed by atoms with E-state index in [9.17, 15) is 4.79 Å². The topological polar surface area (TPSA) is 99.7 Å². The normalized spacial score (nSPS) is 13.7. The molecule has 1 unspecified atom stereocenters. The number of rotatable bonds is 6. The first-order valence-corrected chi connectivity index (χ1v) is 4.48. The highest BCUT2D eigenvalue weighted by Crippen LogP contribution is 1.95. The first-order valence-electron chi connectivity index (χ1n) is 4.48. The number of likely N-dealkylation sites (N-methyl/N-ethyl adjacent to an activating group) is 1. The highest BCUT2D eigenvalue weighted by atomic mass is 16.4. The molecule has 0 saturated carbocycles. The Labute approximate surface area is 83.6 Å². The van der Waals surface area contributed by atoms with Crippen molar-refractivity contribution < 1.29 is 9.90 Å². The maximum Gasteiger partial charge on any atom is 0.320 e. The number of guanidine groups is 1. The number of carboxylic acids is 1. The minimum Gasteiger partial charge on any atom is -0.480 e. The van der Waals surface area contributed by atoms with Gasteiger partial charge in [0.15, 0.2) is 5.96 Å². The Morgan fingerprint density at radius 3 is 2.71 bits per heavy atom. The van der Waals surface area contributed by atoms with E-state index in [1.165, 1.54) is 0 Å². The van der Waals surface area contributed by atoms with E-state index in [4.69, 9.17) is 10.8 Å². The summed E-state index contributed by atoms with van der Waals surface area (Å²) in [6.45, 7) is 0.634. The third kappa shape index (κ3) is 5.36. The third-order valence-electron chi connectivity index (χ3n) is 1.86. The fraction of sp³-hybridized carbons (Fsp3) is 0.750. The molecule has 0 aliphatic carbocycles. The molecule has 0 radical (unpaired) electrons. The number of aliphatic imine (C=N–C) groups is 1. The summed E-state index contributed by atoms with van der Waals surface area (Å²) in [5.41, 5.74) is 5.39. The maximum absolute atomic E-state index is 10.6. The molecule has 82 valence electrons. The number of nitrogens with zero attached hydrogens (tertiary/aromatic N) is 1. The predicted octanol–water partition coefficient (Wildman–Crippen LogP) is -1.03. The van der Waals surface area contributed by atoms with Crippen molar-refractivity contribution >= 4 is 11.9 Å². The molecule has 0 aromatic heterocycles. The highest BCUT2D eigenvalue weighted by Gasteiger charge is 2.13. The molecule has 0 aromatic rings. The van der Waals surface area contributed by atoms with Gasteiger partial charge < -0.3 is 21.5 Å². The number of carboxylic acid groups (broad SMARTS) is 1. The number of nitrogens with one attached hydrogen (secondary N) is 2. The maximum atomic E-state index is 10.6. The van der Waals surface area contributed by atoms with Gasteiger partial charge in [-0.25, -0.2) is 0 Å². The van der Waals surface area contributed by atoms with E-state index < -0.39 is 12.0 Å². The summed E-state index contributed by atoms with van der Waals surface area (Å²) >= 11 is 0. The number of nitrogens with two attached hydrogens (primary N) is 1. The predicted molar refractivity (Wildman–Crippen MR) is 55.3 cm³/mol. The van der Waals surface area contributed by atoms with Crippen molar-refractivity contribution in [2.45, 2.75) is 18.9 Å². The SMILES string of the molecule is CN=C(N)NCCCC(NC)C(=O)O. The largest absolute Gasteiger partial charge is 0.480 e. The minimum atomic E-state index is -0.829. The fourth-order valence-electron chi connectivity index (χ4n) is 0.993. The fourth-order valence-corrected chi connectivity index (χ4v) is 0.993. The quantitative estimate of drug-likeness (QED) is 0.251. The van der Waals surface area contributed by atoms with Crippen LogP contribution in [0.5, 0.6) is 0 Å². The van der Waals surface area contributed by atoms with Gasteiger partial charge in [0.25, 0.3) is 0 Å². The molecular weight excluding hydrogens is 184 g/mol. The van der Waals surface area contributed by atoms with Gasteiger partial charge in [-0.3, -0.25) is 9.79 Å². The molecule has 0 saturated heterocycles. The first kappa shape index (κ1) is 12.7. The molecule has 6 nitrogen and oxygen atoms in total. The van der Waals surface area contributed by atoms with E-state index in [2.05, 4.69) is 15.6 Å². The smallest absolute Gasteiger partial charge is 0.320 e. The molecule has 0 aliphatic rings. The lowest BCUT2D eigenvalue weighted by molar-refractivity contribution is -0.139. The summed E-state index contributed by atoms with van der Waals surface area (Å²) in [5.74, 6) is -0.453. The van der Waals surface area contributed by atoms with Gasteiger partial charge in [0, 0.05) is 13.6 Å². The number of carbonyl (C=O) groups is 1. The molecule has 0 spiro atoms. The van der Waals surface area contributed by atoms with Crippen LogP contribution in [0.2, 0.25) is 0 Å². The molecule has 0 fully saturated rings. The van der Waals surface area contributed by atoms with E-state index in [0.29, 0.717) is 18.9 Å². The van der Waals surface area contributed by atoms with E-state index in [1.807, 2.05) is 0 Å². The lowest BCUT2D eigenvalue weighted by Gasteiger charge is -2.10. The van der Waals surface area contributed by atoms with Crippen LogP contribution >= 0.6 is 0 Å². The van der Waals surface area contributed by atoms with Crippen LogP contribution in [-0.2, 0) is 4.79 Å². The number of hydrogen-bond donors (Lipinski definition) is 4. The summed E-state index contributed by atoms with van der Waals surface area (Å²) in [4.78, 5) is 14.3. The molecule has 14 heavy (non-hydrogen) atoms. The van der Waals surface area contributed by atoms with Crippen LogP contribution in [0.25, 0.3) is 0 Å². The minimum absolute atomic E-state index is 0.376. The molecular formula is C8H18N4O2. The van der Waals surface area contributed by atoms with Crippen LogP contribution in [0.3, 0.4) is 0 Å². The first-order chi connectivity index (χ1) is 6.61. The van der Waals surface area contributed by atoms with Crippen molar-refractivity contribution in [3.8, 4) is 0 Å². The zero-order chi connectivity index (χ0) is 11.0. The Kier molecular flexibility index (Phi) is 6.47. The highest BCUT2D eigenvalue weighted by molar-refractivity contribution is 5.77. The lowest BCUT2D eigenvalue weighted by Crippen LogP contribution is -2.36. The molecule has 0 bridgehead atoms. The van der Waals surface area contributed by atoms with Crippen LogP contribution in [0.4, 0.5) is 0 Å².